The molecule has 0 bridgehead atoms. The van der Waals surface area contributed by atoms with Crippen LogP contribution in [0.15, 0.2) is 43.0 Å². The lowest BCUT2D eigenvalue weighted by atomic mass is 10.0. The summed E-state index contributed by atoms with van der Waals surface area (Å²) in [5, 5.41) is 18.4. The molecule has 0 aliphatic carbocycles. The van der Waals surface area contributed by atoms with Gasteiger partial charge in [0.25, 0.3) is 12.4 Å². The van der Waals surface area contributed by atoms with Crippen LogP contribution in [-0.4, -0.2) is 63.4 Å². The molecule has 3 aromatic heterocycles. The second-order valence-corrected chi connectivity index (χ2v) is 8.49. The summed E-state index contributed by atoms with van der Waals surface area (Å²) in [6.07, 6.45) is 9.29. The minimum Gasteiger partial charge on any atom is -0.471 e. The molecule has 0 aliphatic rings. The van der Waals surface area contributed by atoms with E-state index in [1.165, 1.54) is 36.3 Å². The van der Waals surface area contributed by atoms with E-state index in [0.717, 1.165) is 10.2 Å². The lowest BCUT2D eigenvalue weighted by Gasteiger charge is -2.13. The van der Waals surface area contributed by atoms with Crippen LogP contribution in [0.1, 0.15) is 35.5 Å². The third-order valence-electron chi connectivity index (χ3n) is 5.79. The van der Waals surface area contributed by atoms with Gasteiger partial charge in [0.1, 0.15) is 6.54 Å². The molecule has 3 heterocycles. The normalized spacial score (nSPS) is 10.4. The quantitative estimate of drug-likeness (QED) is 0.144. The molecule has 2 N–H and O–H groups in total. The summed E-state index contributed by atoms with van der Waals surface area (Å²) >= 11 is 0. The van der Waals surface area contributed by atoms with Crippen molar-refractivity contribution in [2.45, 2.75) is 33.0 Å². The van der Waals surface area contributed by atoms with Crippen molar-refractivity contribution in [2.24, 2.45) is 0 Å². The SMILES string of the molecule is C#C.CCOCCNC(=O)c1ccc(Nc2nccn3c(-c4cn(CC#N)nc4C(F)(F)F)cnc23)cc1CC.COC=O. The minimum absolute atomic E-state index is 0.148. The number of methoxy groups -OCH3 is 1. The second-order valence-electron chi connectivity index (χ2n) is 8.49. The third-order valence-corrected chi connectivity index (χ3v) is 5.79. The van der Waals surface area contributed by atoms with Crippen LogP contribution >= 0.6 is 0 Å². The van der Waals surface area contributed by atoms with Crippen molar-refractivity contribution in [3.05, 3.63) is 59.8 Å². The van der Waals surface area contributed by atoms with Crippen molar-refractivity contribution in [1.82, 2.24) is 29.5 Å². The molecule has 12 nitrogen and oxygen atoms in total. The van der Waals surface area contributed by atoms with Gasteiger partial charge in [-0.05, 0) is 37.1 Å². The van der Waals surface area contributed by atoms with Crippen molar-refractivity contribution in [2.75, 3.05) is 32.2 Å². The van der Waals surface area contributed by atoms with Gasteiger partial charge in [-0.25, -0.2) is 9.97 Å². The van der Waals surface area contributed by atoms with Gasteiger partial charge in [0.2, 0.25) is 0 Å². The number of amides is 1. The van der Waals surface area contributed by atoms with Gasteiger partial charge in [-0.2, -0.15) is 23.5 Å². The van der Waals surface area contributed by atoms with Gasteiger partial charge in [0, 0.05) is 43.0 Å². The monoisotopic (exact) mass is 612 g/mol. The van der Waals surface area contributed by atoms with Crippen molar-refractivity contribution in [3.63, 3.8) is 0 Å². The van der Waals surface area contributed by atoms with Gasteiger partial charge in [0.05, 0.1) is 37.2 Å². The number of alkyl halides is 3. The highest BCUT2D eigenvalue weighted by molar-refractivity contribution is 5.96. The highest BCUT2D eigenvalue weighted by Crippen LogP contribution is 2.37. The van der Waals surface area contributed by atoms with Crippen molar-refractivity contribution in [1.29, 1.82) is 5.26 Å². The number of aromatic nitrogens is 5. The number of rotatable bonds is 11. The molecule has 0 radical (unpaired) electrons. The van der Waals surface area contributed by atoms with E-state index in [2.05, 4.69) is 43.3 Å². The largest absolute Gasteiger partial charge is 0.471 e. The zero-order chi connectivity index (χ0) is 32.7. The van der Waals surface area contributed by atoms with Crippen LogP contribution in [0, 0.1) is 24.2 Å². The highest BCUT2D eigenvalue weighted by Gasteiger charge is 2.38. The van der Waals surface area contributed by atoms with E-state index in [1.807, 2.05) is 19.9 Å². The van der Waals surface area contributed by atoms with E-state index in [0.29, 0.717) is 55.4 Å². The standard InChI is InChI=1S/C25H25F3N8O2.C2H4O2.C2H2/c1-3-16-13-17(5-6-18(16)24(37)31-9-12-38-4-2)33-22-23-32-14-20(36(23)11-8-30-22)19-15-35(10-7-29)34-21(19)25(26,27)28;1-4-2-3;1-2/h5-6,8,11,13-15H,3-4,9-10,12H2,1-2H3,(H,30,33)(H,31,37);2H,1H3;1-2H. The minimum atomic E-state index is -4.72. The van der Waals surface area contributed by atoms with Crippen LogP contribution in [0.5, 0.6) is 0 Å². The molecule has 44 heavy (non-hydrogen) atoms. The Balaban J connectivity index is 0.00000104. The van der Waals surface area contributed by atoms with E-state index >= 15 is 0 Å². The fourth-order valence-corrected chi connectivity index (χ4v) is 3.98. The number of anilines is 2. The molecule has 0 unspecified atom stereocenters. The Hall–Kier alpha value is -5.41. The number of hydrogen-bond donors (Lipinski definition) is 2. The van der Waals surface area contributed by atoms with Gasteiger partial charge in [-0.3, -0.25) is 18.7 Å². The molecule has 1 amide bonds. The molecule has 1 aromatic carbocycles. The first kappa shape index (κ1) is 34.8. The van der Waals surface area contributed by atoms with Crippen LogP contribution in [0.25, 0.3) is 16.9 Å². The highest BCUT2D eigenvalue weighted by atomic mass is 19.4. The predicted octanol–water partition coefficient (Wildman–Crippen LogP) is 4.25. The molecule has 0 saturated carbocycles. The summed E-state index contributed by atoms with van der Waals surface area (Å²) in [7, 11) is 1.31. The summed E-state index contributed by atoms with van der Waals surface area (Å²) in [6, 6.07) is 7.03. The van der Waals surface area contributed by atoms with Gasteiger partial charge >= 0.3 is 6.18 Å². The average Bonchev–Trinajstić information content (AvgIpc) is 3.65. The van der Waals surface area contributed by atoms with Crippen molar-refractivity contribution < 1.29 is 32.2 Å². The van der Waals surface area contributed by atoms with Crippen LogP contribution in [-0.2, 0) is 33.4 Å². The maximum atomic E-state index is 13.7. The van der Waals surface area contributed by atoms with E-state index in [-0.39, 0.29) is 23.7 Å². The molecule has 0 spiro atoms. The number of carbonyl (C=O) groups excluding carboxylic acids is 2. The van der Waals surface area contributed by atoms with E-state index in [4.69, 9.17) is 14.8 Å². The van der Waals surface area contributed by atoms with Gasteiger partial charge in [-0.1, -0.05) is 6.92 Å². The van der Waals surface area contributed by atoms with Crippen LogP contribution in [0.3, 0.4) is 0 Å². The second kappa shape index (κ2) is 16.9. The zero-order valence-corrected chi connectivity index (χ0v) is 24.3. The Morgan fingerprint density at radius 1 is 1.23 bits per heavy atom. The number of fused-ring (bicyclic) bond motifs is 1. The number of nitrogens with zero attached hydrogens (tertiary/aromatic N) is 6. The Morgan fingerprint density at radius 3 is 2.57 bits per heavy atom. The maximum Gasteiger partial charge on any atom is 0.435 e. The molecule has 15 heteroatoms. The number of carbonyl (C=O) groups is 2. The third kappa shape index (κ3) is 8.80. The smallest absolute Gasteiger partial charge is 0.435 e. The van der Waals surface area contributed by atoms with Crippen LogP contribution in [0.2, 0.25) is 0 Å². The fraction of sp³-hybridized carbons (Fsp3) is 0.310. The number of imidazole rings is 1. The Labute approximate surface area is 251 Å². The predicted molar refractivity (Wildman–Crippen MR) is 156 cm³/mol. The van der Waals surface area contributed by atoms with E-state index in [1.54, 1.807) is 18.2 Å². The lowest BCUT2D eigenvalue weighted by Crippen LogP contribution is -2.28. The van der Waals surface area contributed by atoms with E-state index in [9.17, 15) is 18.0 Å². The number of nitrogens with one attached hydrogen (secondary N) is 2. The number of aryl methyl sites for hydroxylation is 1. The molecule has 232 valence electrons. The molecular weight excluding hydrogens is 581 g/mol. The first-order chi connectivity index (χ1) is 21.2. The fourth-order valence-electron chi connectivity index (χ4n) is 3.98. The first-order valence-corrected chi connectivity index (χ1v) is 13.1. The molecule has 0 atom stereocenters. The Kier molecular flexibility index (Phi) is 13.4. The number of hydrogen-bond acceptors (Lipinski definition) is 9. The number of benzene rings is 1. The topological polar surface area (TPSA) is 148 Å². The summed E-state index contributed by atoms with van der Waals surface area (Å²) in [5.41, 5.74) is 1.11. The van der Waals surface area contributed by atoms with Crippen LogP contribution in [0.4, 0.5) is 24.7 Å². The summed E-state index contributed by atoms with van der Waals surface area (Å²) < 4.78 is 52.6. The molecule has 4 rings (SSSR count). The maximum absolute atomic E-state index is 13.7. The van der Waals surface area contributed by atoms with E-state index < -0.39 is 11.9 Å². The van der Waals surface area contributed by atoms with Crippen molar-refractivity contribution >= 4 is 29.5 Å². The zero-order valence-electron chi connectivity index (χ0n) is 24.3. The number of nitriles is 1. The molecular formula is C29H31F3N8O4. The lowest BCUT2D eigenvalue weighted by molar-refractivity contribution is -0.141. The van der Waals surface area contributed by atoms with Gasteiger partial charge < -0.3 is 20.1 Å². The van der Waals surface area contributed by atoms with Crippen molar-refractivity contribution in [3.8, 4) is 30.2 Å². The Bertz CT molecular complexity index is 1610. The summed E-state index contributed by atoms with van der Waals surface area (Å²) in [4.78, 5) is 30.2. The number of terminal acetylenes is 1. The summed E-state index contributed by atoms with van der Waals surface area (Å²) in [6.45, 7) is 5.26. The summed E-state index contributed by atoms with van der Waals surface area (Å²) in [5.74, 6) is 0.108. The number of halogens is 3. The molecule has 0 saturated heterocycles. The Morgan fingerprint density at radius 2 is 1.95 bits per heavy atom. The molecule has 4 aromatic rings. The first-order valence-electron chi connectivity index (χ1n) is 13.1. The number of ether oxygens (including phenoxy) is 2. The van der Waals surface area contributed by atoms with Crippen LogP contribution < -0.4 is 10.6 Å². The molecule has 0 aliphatic heterocycles. The van der Waals surface area contributed by atoms with Gasteiger partial charge in [-0.15, -0.1) is 12.8 Å². The van der Waals surface area contributed by atoms with Gasteiger partial charge in [0.15, 0.2) is 17.2 Å². The average molecular weight is 613 g/mol. The molecule has 0 fully saturated rings.